The molecule has 0 unspecified atom stereocenters. The van der Waals surface area contributed by atoms with Crippen molar-refractivity contribution in [1.29, 1.82) is 0 Å². The van der Waals surface area contributed by atoms with Crippen LogP contribution >= 0.6 is 11.3 Å². The Balaban J connectivity index is 2.03. The summed E-state index contributed by atoms with van der Waals surface area (Å²) in [5, 5.41) is 12.6. The van der Waals surface area contributed by atoms with Gasteiger partial charge in [-0.3, -0.25) is 4.79 Å². The molecule has 3 rings (SSSR count). The molecule has 0 fully saturated rings. The van der Waals surface area contributed by atoms with Crippen molar-refractivity contribution in [3.05, 3.63) is 61.8 Å². The number of hydrogen-bond acceptors (Lipinski definition) is 4. The fourth-order valence-corrected chi connectivity index (χ4v) is 3.61. The van der Waals surface area contributed by atoms with Gasteiger partial charge < -0.3 is 9.67 Å². The zero-order chi connectivity index (χ0) is 18.8. The molecule has 2 heterocycles. The smallest absolute Gasteiger partial charge is 0.341 e. The van der Waals surface area contributed by atoms with Gasteiger partial charge in [0, 0.05) is 23.5 Å². The van der Waals surface area contributed by atoms with Crippen LogP contribution in [-0.2, 0) is 6.54 Å². The highest BCUT2D eigenvalue weighted by Gasteiger charge is 2.14. The van der Waals surface area contributed by atoms with E-state index >= 15 is 0 Å². The first kappa shape index (κ1) is 18.1. The van der Waals surface area contributed by atoms with Crippen LogP contribution in [0.1, 0.15) is 53.3 Å². The third-order valence-corrected chi connectivity index (χ3v) is 5.05. The standard InChI is InChI=1S/C20H20N2O3S/c1-4-22-10-15(20(24)25)19(23)14-7-5-13(9-17(14)22)6-8-18-21-16(11-26-18)12(2)3/h5-12H,4H2,1-3H3,(H,24,25). The van der Waals surface area contributed by atoms with Gasteiger partial charge in [0.05, 0.1) is 11.2 Å². The lowest BCUT2D eigenvalue weighted by atomic mass is 10.1. The first-order valence-electron chi connectivity index (χ1n) is 8.44. The van der Waals surface area contributed by atoms with Gasteiger partial charge >= 0.3 is 5.97 Å². The summed E-state index contributed by atoms with van der Waals surface area (Å²) >= 11 is 1.60. The lowest BCUT2D eigenvalue weighted by Crippen LogP contribution is -2.18. The van der Waals surface area contributed by atoms with Crippen LogP contribution in [0.15, 0.2) is 34.6 Å². The number of thiazole rings is 1. The van der Waals surface area contributed by atoms with Crippen LogP contribution in [0.3, 0.4) is 0 Å². The molecule has 134 valence electrons. The number of carboxylic acids is 1. The van der Waals surface area contributed by atoms with E-state index in [4.69, 9.17) is 0 Å². The molecule has 5 nitrogen and oxygen atoms in total. The molecule has 0 saturated heterocycles. The average molecular weight is 368 g/mol. The molecule has 0 saturated carbocycles. The minimum atomic E-state index is -1.20. The molecular formula is C20H20N2O3S. The van der Waals surface area contributed by atoms with Crippen LogP contribution in [-0.4, -0.2) is 20.6 Å². The summed E-state index contributed by atoms with van der Waals surface area (Å²) in [6.07, 6.45) is 5.33. The van der Waals surface area contributed by atoms with Crippen LogP contribution < -0.4 is 5.43 Å². The second-order valence-electron chi connectivity index (χ2n) is 6.34. The van der Waals surface area contributed by atoms with E-state index in [9.17, 15) is 14.7 Å². The SMILES string of the molecule is CCn1cc(C(=O)O)c(=O)c2ccc(C=Cc3nc(C(C)C)cs3)cc21. The molecule has 0 aliphatic carbocycles. The van der Waals surface area contributed by atoms with Gasteiger partial charge in [-0.1, -0.05) is 26.0 Å². The van der Waals surface area contributed by atoms with E-state index in [2.05, 4.69) is 24.2 Å². The first-order valence-corrected chi connectivity index (χ1v) is 9.32. The first-order chi connectivity index (χ1) is 12.4. The third kappa shape index (κ3) is 3.46. The van der Waals surface area contributed by atoms with Crippen molar-refractivity contribution in [3.63, 3.8) is 0 Å². The fourth-order valence-electron chi connectivity index (χ4n) is 2.73. The summed E-state index contributed by atoms with van der Waals surface area (Å²) in [6, 6.07) is 5.42. The Bertz CT molecular complexity index is 1060. The maximum atomic E-state index is 12.4. The van der Waals surface area contributed by atoms with Crippen molar-refractivity contribution < 1.29 is 9.90 Å². The molecule has 0 atom stereocenters. The number of carboxylic acid groups (broad SMARTS) is 1. The largest absolute Gasteiger partial charge is 0.477 e. The van der Waals surface area contributed by atoms with Crippen molar-refractivity contribution in [3.8, 4) is 0 Å². The summed E-state index contributed by atoms with van der Waals surface area (Å²) < 4.78 is 1.79. The normalized spacial score (nSPS) is 11.7. The molecule has 1 N–H and O–H groups in total. The van der Waals surface area contributed by atoms with Crippen LogP contribution in [0.5, 0.6) is 0 Å². The second kappa shape index (κ2) is 7.25. The average Bonchev–Trinajstić information content (AvgIpc) is 3.09. The minimum Gasteiger partial charge on any atom is -0.477 e. The van der Waals surface area contributed by atoms with E-state index in [0.717, 1.165) is 21.8 Å². The summed E-state index contributed by atoms with van der Waals surface area (Å²) in [6.45, 7) is 6.72. The van der Waals surface area contributed by atoms with Gasteiger partial charge in [0.25, 0.3) is 0 Å². The Morgan fingerprint density at radius 2 is 2.12 bits per heavy atom. The number of aromatic carboxylic acids is 1. The third-order valence-electron chi connectivity index (χ3n) is 4.23. The molecule has 0 aliphatic rings. The van der Waals surface area contributed by atoms with E-state index in [1.165, 1.54) is 6.20 Å². The highest BCUT2D eigenvalue weighted by Crippen LogP contribution is 2.21. The van der Waals surface area contributed by atoms with Crippen LogP contribution in [0.2, 0.25) is 0 Å². The number of rotatable bonds is 5. The molecule has 3 aromatic rings. The van der Waals surface area contributed by atoms with Gasteiger partial charge in [-0.25, -0.2) is 9.78 Å². The lowest BCUT2D eigenvalue weighted by molar-refractivity contribution is 0.0695. The molecule has 1 aromatic carbocycles. The lowest BCUT2D eigenvalue weighted by Gasteiger charge is -2.10. The van der Waals surface area contributed by atoms with E-state index in [1.807, 2.05) is 31.2 Å². The predicted molar refractivity (Wildman–Crippen MR) is 106 cm³/mol. The van der Waals surface area contributed by atoms with Crippen molar-refractivity contribution in [2.75, 3.05) is 0 Å². The fraction of sp³-hybridized carbons (Fsp3) is 0.250. The van der Waals surface area contributed by atoms with E-state index in [-0.39, 0.29) is 5.56 Å². The molecule has 0 amide bonds. The summed E-state index contributed by atoms with van der Waals surface area (Å²) in [4.78, 5) is 28.2. The number of carbonyl (C=O) groups is 1. The Labute approximate surface area is 155 Å². The Kier molecular flexibility index (Phi) is 5.04. The summed E-state index contributed by atoms with van der Waals surface area (Å²) in [5.41, 5.74) is 2.09. The van der Waals surface area contributed by atoms with Crippen LogP contribution in [0, 0.1) is 0 Å². The highest BCUT2D eigenvalue weighted by molar-refractivity contribution is 7.10. The van der Waals surface area contributed by atoms with Gasteiger partial charge in [0.2, 0.25) is 5.43 Å². The molecule has 0 radical (unpaired) electrons. The topological polar surface area (TPSA) is 72.2 Å². The van der Waals surface area contributed by atoms with E-state index in [0.29, 0.717) is 17.8 Å². The van der Waals surface area contributed by atoms with Crippen LogP contribution in [0.25, 0.3) is 23.1 Å². The maximum absolute atomic E-state index is 12.4. The van der Waals surface area contributed by atoms with Gasteiger partial charge in [0.1, 0.15) is 10.6 Å². The number of hydrogen-bond donors (Lipinski definition) is 1. The molecular weight excluding hydrogens is 348 g/mol. The number of aryl methyl sites for hydroxylation is 1. The van der Waals surface area contributed by atoms with Gasteiger partial charge in [-0.05, 0) is 36.6 Å². The monoisotopic (exact) mass is 368 g/mol. The van der Waals surface area contributed by atoms with Crippen molar-refractivity contribution in [2.45, 2.75) is 33.2 Å². The Morgan fingerprint density at radius 1 is 1.35 bits per heavy atom. The molecule has 0 bridgehead atoms. The highest BCUT2D eigenvalue weighted by atomic mass is 32.1. The number of benzene rings is 1. The number of fused-ring (bicyclic) bond motifs is 1. The molecule has 0 aliphatic heterocycles. The quantitative estimate of drug-likeness (QED) is 0.721. The molecule has 26 heavy (non-hydrogen) atoms. The zero-order valence-electron chi connectivity index (χ0n) is 14.9. The Hall–Kier alpha value is -2.73. The van der Waals surface area contributed by atoms with Gasteiger partial charge in [-0.2, -0.15) is 0 Å². The van der Waals surface area contributed by atoms with E-state index in [1.54, 1.807) is 22.0 Å². The van der Waals surface area contributed by atoms with Gasteiger partial charge in [-0.15, -0.1) is 11.3 Å². The zero-order valence-corrected chi connectivity index (χ0v) is 15.7. The van der Waals surface area contributed by atoms with Crippen molar-refractivity contribution in [2.24, 2.45) is 0 Å². The van der Waals surface area contributed by atoms with Crippen LogP contribution in [0.4, 0.5) is 0 Å². The molecule has 2 aromatic heterocycles. The molecule has 6 heteroatoms. The predicted octanol–water partition coefficient (Wildman–Crippen LogP) is 4.47. The van der Waals surface area contributed by atoms with Crippen molar-refractivity contribution >= 4 is 40.4 Å². The summed E-state index contributed by atoms with van der Waals surface area (Å²) in [7, 11) is 0. The number of pyridine rings is 1. The van der Waals surface area contributed by atoms with E-state index < -0.39 is 11.4 Å². The Morgan fingerprint density at radius 3 is 2.73 bits per heavy atom. The maximum Gasteiger partial charge on any atom is 0.341 e. The molecule has 0 spiro atoms. The van der Waals surface area contributed by atoms with Gasteiger partial charge in [0.15, 0.2) is 0 Å². The second-order valence-corrected chi connectivity index (χ2v) is 7.23. The van der Waals surface area contributed by atoms with Crippen molar-refractivity contribution in [1.82, 2.24) is 9.55 Å². The minimum absolute atomic E-state index is 0.202. The summed E-state index contributed by atoms with van der Waals surface area (Å²) in [5.74, 6) is -0.802. The number of nitrogens with zero attached hydrogens (tertiary/aromatic N) is 2. The number of aromatic nitrogens is 2.